The lowest BCUT2D eigenvalue weighted by Gasteiger charge is -2.21. The Kier molecular flexibility index (Phi) is 7.87. The van der Waals surface area contributed by atoms with Gasteiger partial charge in [0.1, 0.15) is 0 Å². The number of hydrogen-bond donors (Lipinski definition) is 1. The van der Waals surface area contributed by atoms with Crippen molar-refractivity contribution in [2.75, 3.05) is 26.2 Å². The van der Waals surface area contributed by atoms with Crippen molar-refractivity contribution in [2.24, 2.45) is 17.6 Å². The second-order valence-electron chi connectivity index (χ2n) is 5.98. The fourth-order valence-electron chi connectivity index (χ4n) is 2.91. The normalized spacial score (nSPS) is 22.9. The van der Waals surface area contributed by atoms with Crippen molar-refractivity contribution in [3.63, 3.8) is 0 Å². The first-order valence-electron chi connectivity index (χ1n) is 7.66. The zero-order valence-electron chi connectivity index (χ0n) is 12.0. The Hall–Kier alpha value is -0.0800. The fraction of sp³-hybridized carbons (Fsp3) is 1.00. The zero-order valence-corrected chi connectivity index (χ0v) is 12.0. The maximum absolute atomic E-state index is 5.51. The first kappa shape index (κ1) is 15.0. The molecule has 0 aromatic rings. The number of hydrogen-bond acceptors (Lipinski definition) is 2. The molecule has 0 aliphatic carbocycles. The molecule has 1 fully saturated rings. The van der Waals surface area contributed by atoms with Crippen LogP contribution in [0.4, 0.5) is 0 Å². The molecule has 0 amide bonds. The van der Waals surface area contributed by atoms with Crippen LogP contribution < -0.4 is 5.73 Å². The number of unbranched alkanes of at least 4 members (excludes halogenated alkanes) is 3. The SMILES string of the molecule is CC(C)C1CCCN(CCCCCCN)CC1. The molecule has 1 atom stereocenters. The van der Waals surface area contributed by atoms with E-state index in [1.807, 2.05) is 0 Å². The van der Waals surface area contributed by atoms with Gasteiger partial charge in [0, 0.05) is 0 Å². The molecule has 1 saturated heterocycles. The van der Waals surface area contributed by atoms with Crippen molar-refractivity contribution < 1.29 is 0 Å². The first-order chi connectivity index (χ1) is 8.24. The Labute approximate surface area is 108 Å². The summed E-state index contributed by atoms with van der Waals surface area (Å²) in [4.78, 5) is 2.69. The molecule has 1 aliphatic heterocycles. The Morgan fingerprint density at radius 3 is 2.53 bits per heavy atom. The topological polar surface area (TPSA) is 29.3 Å². The molecule has 0 spiro atoms. The Morgan fingerprint density at radius 2 is 1.82 bits per heavy atom. The van der Waals surface area contributed by atoms with Crippen LogP contribution in [-0.2, 0) is 0 Å². The van der Waals surface area contributed by atoms with Crippen LogP contribution in [0.3, 0.4) is 0 Å². The summed E-state index contributed by atoms with van der Waals surface area (Å²) < 4.78 is 0. The Morgan fingerprint density at radius 1 is 1.06 bits per heavy atom. The van der Waals surface area contributed by atoms with Crippen LogP contribution in [0.1, 0.15) is 58.8 Å². The lowest BCUT2D eigenvalue weighted by atomic mass is 9.89. The van der Waals surface area contributed by atoms with E-state index in [0.717, 1.165) is 18.4 Å². The molecule has 1 rings (SSSR count). The smallest absolute Gasteiger partial charge is 0.00160 e. The van der Waals surface area contributed by atoms with Crippen molar-refractivity contribution in [1.29, 1.82) is 0 Å². The molecule has 2 N–H and O–H groups in total. The van der Waals surface area contributed by atoms with Gasteiger partial charge >= 0.3 is 0 Å². The van der Waals surface area contributed by atoms with E-state index >= 15 is 0 Å². The summed E-state index contributed by atoms with van der Waals surface area (Å²) in [5, 5.41) is 0. The first-order valence-corrected chi connectivity index (χ1v) is 7.66. The van der Waals surface area contributed by atoms with E-state index in [1.54, 1.807) is 0 Å². The molecule has 0 bridgehead atoms. The second kappa shape index (κ2) is 8.93. The van der Waals surface area contributed by atoms with Crippen LogP contribution in [-0.4, -0.2) is 31.1 Å². The fourth-order valence-corrected chi connectivity index (χ4v) is 2.91. The highest BCUT2D eigenvalue weighted by molar-refractivity contribution is 4.72. The van der Waals surface area contributed by atoms with Gasteiger partial charge in [0.2, 0.25) is 0 Å². The molecule has 0 aromatic carbocycles. The van der Waals surface area contributed by atoms with E-state index in [1.165, 1.54) is 64.6 Å². The molecule has 1 unspecified atom stereocenters. The van der Waals surface area contributed by atoms with Crippen LogP contribution in [0.15, 0.2) is 0 Å². The van der Waals surface area contributed by atoms with E-state index in [4.69, 9.17) is 5.73 Å². The maximum Gasteiger partial charge on any atom is -0.00160 e. The van der Waals surface area contributed by atoms with Gasteiger partial charge in [0.05, 0.1) is 0 Å². The van der Waals surface area contributed by atoms with Crippen molar-refractivity contribution in [1.82, 2.24) is 4.90 Å². The molecule has 17 heavy (non-hydrogen) atoms. The molecule has 0 saturated carbocycles. The molecule has 0 radical (unpaired) electrons. The molecule has 1 heterocycles. The summed E-state index contributed by atoms with van der Waals surface area (Å²) in [5.74, 6) is 1.84. The number of rotatable bonds is 7. The summed E-state index contributed by atoms with van der Waals surface area (Å²) >= 11 is 0. The predicted molar refractivity (Wildman–Crippen MR) is 76.1 cm³/mol. The summed E-state index contributed by atoms with van der Waals surface area (Å²) in [5.41, 5.74) is 5.51. The van der Waals surface area contributed by atoms with E-state index in [-0.39, 0.29) is 0 Å². The third-order valence-corrected chi connectivity index (χ3v) is 4.24. The van der Waals surface area contributed by atoms with Crippen LogP contribution in [0.2, 0.25) is 0 Å². The van der Waals surface area contributed by atoms with Crippen LogP contribution in [0, 0.1) is 11.8 Å². The molecule has 102 valence electrons. The highest BCUT2D eigenvalue weighted by Gasteiger charge is 2.18. The molecule has 2 nitrogen and oxygen atoms in total. The average Bonchev–Trinajstić information content (AvgIpc) is 2.54. The highest BCUT2D eigenvalue weighted by atomic mass is 15.1. The van der Waals surface area contributed by atoms with Gasteiger partial charge in [-0.2, -0.15) is 0 Å². The van der Waals surface area contributed by atoms with E-state index in [0.29, 0.717) is 0 Å². The van der Waals surface area contributed by atoms with Gasteiger partial charge in [-0.25, -0.2) is 0 Å². The predicted octanol–water partition coefficient (Wildman–Crippen LogP) is 3.26. The highest BCUT2D eigenvalue weighted by Crippen LogP contribution is 2.24. The largest absolute Gasteiger partial charge is 0.330 e. The average molecular weight is 240 g/mol. The maximum atomic E-state index is 5.51. The summed E-state index contributed by atoms with van der Waals surface area (Å²) in [6.45, 7) is 9.61. The summed E-state index contributed by atoms with van der Waals surface area (Å²) in [6.07, 6.45) is 9.52. The van der Waals surface area contributed by atoms with E-state index < -0.39 is 0 Å². The molecular formula is C15H32N2. The Balaban J connectivity index is 2.09. The van der Waals surface area contributed by atoms with Gasteiger partial charge in [-0.15, -0.1) is 0 Å². The van der Waals surface area contributed by atoms with Gasteiger partial charge in [-0.3, -0.25) is 0 Å². The van der Waals surface area contributed by atoms with Crippen molar-refractivity contribution in [3.8, 4) is 0 Å². The molecule has 0 aromatic heterocycles. The lowest BCUT2D eigenvalue weighted by molar-refractivity contribution is 0.266. The lowest BCUT2D eigenvalue weighted by Crippen LogP contribution is -2.26. The molecule has 1 aliphatic rings. The quantitative estimate of drug-likeness (QED) is 0.692. The standard InChI is InChI=1S/C15H32N2/c1-14(2)15-8-7-12-17(13-9-15)11-6-4-3-5-10-16/h14-15H,3-13,16H2,1-2H3. The number of nitrogens with two attached hydrogens (primary N) is 1. The van der Waals surface area contributed by atoms with Crippen LogP contribution in [0.25, 0.3) is 0 Å². The number of nitrogens with zero attached hydrogens (tertiary/aromatic N) is 1. The third-order valence-electron chi connectivity index (χ3n) is 4.24. The van der Waals surface area contributed by atoms with E-state index in [9.17, 15) is 0 Å². The van der Waals surface area contributed by atoms with Gasteiger partial charge in [-0.05, 0) is 70.1 Å². The van der Waals surface area contributed by atoms with Crippen LogP contribution >= 0.6 is 0 Å². The summed E-state index contributed by atoms with van der Waals surface area (Å²) in [6, 6.07) is 0. The van der Waals surface area contributed by atoms with E-state index in [2.05, 4.69) is 18.7 Å². The van der Waals surface area contributed by atoms with Gasteiger partial charge < -0.3 is 10.6 Å². The third kappa shape index (κ3) is 6.42. The summed E-state index contributed by atoms with van der Waals surface area (Å²) in [7, 11) is 0. The Bertz CT molecular complexity index is 180. The minimum Gasteiger partial charge on any atom is -0.330 e. The molecular weight excluding hydrogens is 208 g/mol. The molecule has 2 heteroatoms. The monoisotopic (exact) mass is 240 g/mol. The van der Waals surface area contributed by atoms with Gasteiger partial charge in [0.25, 0.3) is 0 Å². The van der Waals surface area contributed by atoms with Gasteiger partial charge in [0.15, 0.2) is 0 Å². The van der Waals surface area contributed by atoms with Crippen molar-refractivity contribution >= 4 is 0 Å². The minimum atomic E-state index is 0.861. The van der Waals surface area contributed by atoms with Crippen molar-refractivity contribution in [3.05, 3.63) is 0 Å². The minimum absolute atomic E-state index is 0.861. The van der Waals surface area contributed by atoms with Crippen molar-refractivity contribution in [2.45, 2.75) is 58.8 Å². The zero-order chi connectivity index (χ0) is 12.5. The van der Waals surface area contributed by atoms with Crippen LogP contribution in [0.5, 0.6) is 0 Å². The second-order valence-corrected chi connectivity index (χ2v) is 5.98. The number of likely N-dealkylation sites (tertiary alicyclic amines) is 1. The van der Waals surface area contributed by atoms with Gasteiger partial charge in [-0.1, -0.05) is 26.7 Å².